The van der Waals surface area contributed by atoms with Gasteiger partial charge in [-0.05, 0) is 62.4 Å². The van der Waals surface area contributed by atoms with Crippen LogP contribution in [0.1, 0.15) is 23.0 Å². The summed E-state index contributed by atoms with van der Waals surface area (Å²) in [5.41, 5.74) is 2.54. The average molecular weight is 393 g/mol. The molecule has 2 amide bonds. The van der Waals surface area contributed by atoms with Crippen LogP contribution in [-0.2, 0) is 4.79 Å². The molecular weight excluding hydrogens is 370 g/mol. The maximum Gasteiger partial charge on any atom is 0.257 e. The van der Waals surface area contributed by atoms with Crippen molar-refractivity contribution >= 4 is 28.4 Å². The zero-order valence-corrected chi connectivity index (χ0v) is 16.6. The van der Waals surface area contributed by atoms with Crippen LogP contribution in [0.3, 0.4) is 0 Å². The van der Waals surface area contributed by atoms with E-state index in [0.29, 0.717) is 35.0 Å². The molecule has 29 heavy (non-hydrogen) atoms. The molecule has 0 unspecified atom stereocenters. The third-order valence-electron chi connectivity index (χ3n) is 4.31. The van der Waals surface area contributed by atoms with Crippen LogP contribution in [0.2, 0.25) is 0 Å². The molecule has 2 N–H and O–H groups in total. The monoisotopic (exact) mass is 393 g/mol. The zero-order valence-electron chi connectivity index (χ0n) is 16.6. The van der Waals surface area contributed by atoms with Crippen molar-refractivity contribution < 1.29 is 19.1 Å². The lowest BCUT2D eigenvalue weighted by Crippen LogP contribution is -2.28. The molecule has 1 heterocycles. The highest BCUT2D eigenvalue weighted by molar-refractivity contribution is 6.06. The molecule has 0 aliphatic rings. The van der Waals surface area contributed by atoms with Crippen LogP contribution in [0.4, 0.5) is 5.69 Å². The van der Waals surface area contributed by atoms with Gasteiger partial charge in [-0.25, -0.2) is 0 Å². The van der Waals surface area contributed by atoms with Gasteiger partial charge in [-0.1, -0.05) is 0 Å². The summed E-state index contributed by atoms with van der Waals surface area (Å²) in [6.07, 6.45) is 0. The number of amides is 2. The summed E-state index contributed by atoms with van der Waals surface area (Å²) in [5.74, 6) is 0.819. The molecule has 0 aliphatic carbocycles. The van der Waals surface area contributed by atoms with Gasteiger partial charge in [0, 0.05) is 17.6 Å². The van der Waals surface area contributed by atoms with E-state index in [9.17, 15) is 9.59 Å². The molecule has 7 heteroatoms. The van der Waals surface area contributed by atoms with Crippen LogP contribution in [-0.4, -0.2) is 37.1 Å². The third-order valence-corrected chi connectivity index (χ3v) is 4.31. The second kappa shape index (κ2) is 9.05. The Morgan fingerprint density at radius 2 is 1.76 bits per heavy atom. The predicted molar refractivity (Wildman–Crippen MR) is 112 cm³/mol. The van der Waals surface area contributed by atoms with Gasteiger partial charge in [-0.15, -0.1) is 0 Å². The van der Waals surface area contributed by atoms with Gasteiger partial charge in [0.2, 0.25) is 0 Å². The minimum absolute atomic E-state index is 0.0506. The molecule has 3 rings (SSSR count). The number of hydrogen-bond acceptors (Lipinski definition) is 5. The number of nitrogens with zero attached hydrogens (tertiary/aromatic N) is 1. The van der Waals surface area contributed by atoms with Gasteiger partial charge in [-0.3, -0.25) is 14.6 Å². The second-order valence-corrected chi connectivity index (χ2v) is 6.40. The number of methoxy groups -OCH3 is 1. The van der Waals surface area contributed by atoms with E-state index in [0.717, 1.165) is 10.9 Å². The Balaban J connectivity index is 1.71. The third kappa shape index (κ3) is 5.01. The van der Waals surface area contributed by atoms with Crippen LogP contribution < -0.4 is 20.1 Å². The number of aromatic nitrogens is 1. The summed E-state index contributed by atoms with van der Waals surface area (Å²) < 4.78 is 10.7. The molecule has 0 atom stereocenters. The Hall–Kier alpha value is -3.61. The van der Waals surface area contributed by atoms with Gasteiger partial charge < -0.3 is 20.1 Å². The maximum absolute atomic E-state index is 12.7. The average Bonchev–Trinajstić information content (AvgIpc) is 2.72. The highest BCUT2D eigenvalue weighted by Crippen LogP contribution is 2.23. The van der Waals surface area contributed by atoms with E-state index < -0.39 is 0 Å². The number of hydrogen-bond donors (Lipinski definition) is 2. The van der Waals surface area contributed by atoms with E-state index in [1.165, 1.54) is 0 Å². The normalized spacial score (nSPS) is 10.4. The standard InChI is InChI=1S/C22H23N3O4/c1-4-23-21(26)13-29-17-7-5-16(6-8-17)25-22(27)19-12-15-11-18(28-3)9-10-20(15)24-14(19)2/h5-12H,4,13H2,1-3H3,(H,23,26)(H,25,27). The maximum atomic E-state index is 12.7. The minimum atomic E-state index is -0.254. The van der Waals surface area contributed by atoms with E-state index in [2.05, 4.69) is 15.6 Å². The van der Waals surface area contributed by atoms with Crippen LogP contribution in [0.25, 0.3) is 10.9 Å². The number of pyridine rings is 1. The van der Waals surface area contributed by atoms with E-state index in [1.54, 1.807) is 44.4 Å². The lowest BCUT2D eigenvalue weighted by molar-refractivity contribution is -0.122. The van der Waals surface area contributed by atoms with E-state index >= 15 is 0 Å². The number of benzene rings is 2. The van der Waals surface area contributed by atoms with Crippen LogP contribution in [0, 0.1) is 6.92 Å². The summed E-state index contributed by atoms with van der Waals surface area (Å²) in [4.78, 5) is 28.7. The number of nitrogens with one attached hydrogen (secondary N) is 2. The Bertz CT molecular complexity index is 1030. The predicted octanol–water partition coefficient (Wildman–Crippen LogP) is 3.32. The van der Waals surface area contributed by atoms with Crippen molar-refractivity contribution in [3.63, 3.8) is 0 Å². The number of fused-ring (bicyclic) bond motifs is 1. The van der Waals surface area contributed by atoms with Crippen molar-refractivity contribution in [2.24, 2.45) is 0 Å². The summed E-state index contributed by atoms with van der Waals surface area (Å²) in [6, 6.07) is 14.2. The van der Waals surface area contributed by atoms with Gasteiger partial charge in [0.05, 0.1) is 23.9 Å². The molecule has 0 spiro atoms. The van der Waals surface area contributed by atoms with E-state index in [1.807, 2.05) is 25.1 Å². The molecule has 7 nitrogen and oxygen atoms in total. The van der Waals surface area contributed by atoms with Gasteiger partial charge >= 0.3 is 0 Å². The zero-order chi connectivity index (χ0) is 20.8. The Labute approximate surface area is 169 Å². The molecule has 0 radical (unpaired) electrons. The first-order valence-corrected chi connectivity index (χ1v) is 9.26. The van der Waals surface area contributed by atoms with Gasteiger partial charge in [0.25, 0.3) is 11.8 Å². The molecule has 0 saturated heterocycles. The van der Waals surface area contributed by atoms with Crippen molar-refractivity contribution in [2.75, 3.05) is 25.6 Å². The number of anilines is 1. The summed E-state index contributed by atoms with van der Waals surface area (Å²) in [6.45, 7) is 4.16. The molecule has 0 fully saturated rings. The number of aryl methyl sites for hydroxylation is 1. The first-order valence-electron chi connectivity index (χ1n) is 9.26. The van der Waals surface area contributed by atoms with Crippen LogP contribution in [0.15, 0.2) is 48.5 Å². The molecular formula is C22H23N3O4. The van der Waals surface area contributed by atoms with Crippen LogP contribution in [0.5, 0.6) is 11.5 Å². The van der Waals surface area contributed by atoms with Gasteiger partial charge in [0.1, 0.15) is 11.5 Å². The first-order chi connectivity index (χ1) is 14.0. The van der Waals surface area contributed by atoms with Crippen molar-refractivity contribution in [1.29, 1.82) is 0 Å². The van der Waals surface area contributed by atoms with E-state index in [4.69, 9.17) is 9.47 Å². The van der Waals surface area contributed by atoms with Crippen molar-refractivity contribution in [2.45, 2.75) is 13.8 Å². The number of carbonyl (C=O) groups is 2. The molecule has 3 aromatic rings. The molecule has 1 aromatic heterocycles. The fourth-order valence-corrected chi connectivity index (χ4v) is 2.84. The fraction of sp³-hybridized carbons (Fsp3) is 0.227. The number of rotatable bonds is 7. The van der Waals surface area contributed by atoms with Crippen molar-refractivity contribution in [1.82, 2.24) is 10.3 Å². The lowest BCUT2D eigenvalue weighted by Gasteiger charge is -2.11. The molecule has 0 bridgehead atoms. The molecule has 0 saturated carbocycles. The summed E-state index contributed by atoms with van der Waals surface area (Å²) >= 11 is 0. The van der Waals surface area contributed by atoms with Gasteiger partial charge in [0.15, 0.2) is 6.61 Å². The van der Waals surface area contributed by atoms with E-state index in [-0.39, 0.29) is 18.4 Å². The smallest absolute Gasteiger partial charge is 0.257 e. The Morgan fingerprint density at radius 3 is 2.45 bits per heavy atom. The quantitative estimate of drug-likeness (QED) is 0.643. The lowest BCUT2D eigenvalue weighted by atomic mass is 10.1. The van der Waals surface area contributed by atoms with Crippen LogP contribution >= 0.6 is 0 Å². The first kappa shape index (κ1) is 20.1. The second-order valence-electron chi connectivity index (χ2n) is 6.40. The number of carbonyl (C=O) groups excluding carboxylic acids is 2. The van der Waals surface area contributed by atoms with Gasteiger partial charge in [-0.2, -0.15) is 0 Å². The summed E-state index contributed by atoms with van der Waals surface area (Å²) in [5, 5.41) is 6.35. The molecule has 2 aromatic carbocycles. The topological polar surface area (TPSA) is 89.6 Å². The highest BCUT2D eigenvalue weighted by Gasteiger charge is 2.13. The number of likely N-dealkylation sites (N-methyl/N-ethyl adjacent to an activating group) is 1. The SMILES string of the molecule is CCNC(=O)COc1ccc(NC(=O)c2cc3cc(OC)ccc3nc2C)cc1. The number of ether oxygens (including phenoxy) is 2. The van der Waals surface area contributed by atoms with Crippen molar-refractivity contribution in [3.8, 4) is 11.5 Å². The van der Waals surface area contributed by atoms with Crippen molar-refractivity contribution in [3.05, 3.63) is 59.8 Å². The minimum Gasteiger partial charge on any atom is -0.497 e. The molecule has 0 aliphatic heterocycles. The summed E-state index contributed by atoms with van der Waals surface area (Å²) in [7, 11) is 1.60. The highest BCUT2D eigenvalue weighted by atomic mass is 16.5. The largest absolute Gasteiger partial charge is 0.497 e. The molecule has 150 valence electrons. The Kier molecular flexibility index (Phi) is 6.29. The Morgan fingerprint density at radius 1 is 1.03 bits per heavy atom. The fourth-order valence-electron chi connectivity index (χ4n) is 2.84.